The number of alkyl halides is 3. The fourth-order valence-electron chi connectivity index (χ4n) is 1.65. The van der Waals surface area contributed by atoms with E-state index in [1.165, 1.54) is 7.05 Å². The maximum absolute atomic E-state index is 12.6. The fraction of sp³-hybridized carbons (Fsp3) is 0.385. The minimum atomic E-state index is -4.65. The van der Waals surface area contributed by atoms with Crippen molar-refractivity contribution in [2.24, 2.45) is 0 Å². The van der Waals surface area contributed by atoms with E-state index in [4.69, 9.17) is 16.9 Å². The first-order valence-electron chi connectivity index (χ1n) is 6.05. The Morgan fingerprint density at radius 2 is 2.13 bits per heavy atom. The molecule has 1 unspecified atom stereocenters. The summed E-state index contributed by atoms with van der Waals surface area (Å²) in [6.07, 6.45) is -4.96. The topological polar surface area (TPSA) is 83.3 Å². The van der Waals surface area contributed by atoms with Gasteiger partial charge >= 0.3 is 12.3 Å². The van der Waals surface area contributed by atoms with Crippen LogP contribution in [0.3, 0.4) is 0 Å². The van der Waals surface area contributed by atoms with Crippen LogP contribution in [0.15, 0.2) is 12.3 Å². The summed E-state index contributed by atoms with van der Waals surface area (Å²) in [7, 11) is 2.37. The lowest BCUT2D eigenvalue weighted by Gasteiger charge is -2.17. The molecule has 0 saturated heterocycles. The van der Waals surface area contributed by atoms with Crippen LogP contribution in [0.1, 0.15) is 17.2 Å². The van der Waals surface area contributed by atoms with Crippen LogP contribution >= 0.6 is 11.6 Å². The normalized spacial score (nSPS) is 12.2. The molecule has 0 saturated carbocycles. The van der Waals surface area contributed by atoms with Crippen molar-refractivity contribution in [2.45, 2.75) is 12.1 Å². The number of aromatic nitrogens is 1. The molecule has 0 aromatic carbocycles. The summed E-state index contributed by atoms with van der Waals surface area (Å²) in [6.45, 7) is -0.482. The van der Waals surface area contributed by atoms with Crippen LogP contribution in [-0.4, -0.2) is 42.5 Å². The van der Waals surface area contributed by atoms with Gasteiger partial charge in [0.1, 0.15) is 5.92 Å². The Hall–Kier alpha value is -2.34. The van der Waals surface area contributed by atoms with Gasteiger partial charge in [-0.1, -0.05) is 11.6 Å². The highest BCUT2D eigenvalue weighted by Crippen LogP contribution is 2.33. The van der Waals surface area contributed by atoms with E-state index in [2.05, 4.69) is 9.72 Å². The number of hydrogen-bond acceptors (Lipinski definition) is 5. The van der Waals surface area contributed by atoms with E-state index >= 15 is 0 Å². The molecule has 1 amide bonds. The summed E-state index contributed by atoms with van der Waals surface area (Å²) < 4.78 is 42.1. The average molecular weight is 350 g/mol. The lowest BCUT2D eigenvalue weighted by molar-refractivity contribution is -0.137. The molecule has 1 aromatic heterocycles. The Balaban J connectivity index is 3.05. The van der Waals surface area contributed by atoms with Crippen LogP contribution in [0.5, 0.6) is 0 Å². The Bertz CT molecular complexity index is 658. The van der Waals surface area contributed by atoms with Gasteiger partial charge in [0.2, 0.25) is 0 Å². The molecule has 0 spiro atoms. The molecule has 0 aliphatic rings. The second kappa shape index (κ2) is 7.28. The molecule has 6 nitrogen and oxygen atoms in total. The van der Waals surface area contributed by atoms with Gasteiger partial charge in [0.25, 0.3) is 0 Å². The van der Waals surface area contributed by atoms with Gasteiger partial charge in [-0.05, 0) is 6.07 Å². The number of ketones is 1. The van der Waals surface area contributed by atoms with Gasteiger partial charge in [0.05, 0.1) is 36.0 Å². The quantitative estimate of drug-likeness (QED) is 0.834. The van der Waals surface area contributed by atoms with Crippen molar-refractivity contribution in [1.82, 2.24) is 9.88 Å². The molecule has 0 N–H and O–H groups in total. The first-order chi connectivity index (χ1) is 10.6. The van der Waals surface area contributed by atoms with Crippen molar-refractivity contribution in [3.8, 4) is 6.07 Å². The smallest absolute Gasteiger partial charge is 0.417 e. The molecule has 1 atom stereocenters. The maximum Gasteiger partial charge on any atom is 0.417 e. The number of methoxy groups -OCH3 is 1. The van der Waals surface area contributed by atoms with E-state index in [-0.39, 0.29) is 5.69 Å². The van der Waals surface area contributed by atoms with E-state index in [1.54, 1.807) is 6.07 Å². The first-order valence-corrected chi connectivity index (χ1v) is 6.43. The lowest BCUT2D eigenvalue weighted by atomic mass is 10.00. The van der Waals surface area contributed by atoms with E-state index in [0.717, 1.165) is 12.0 Å². The van der Waals surface area contributed by atoms with Crippen LogP contribution in [0.4, 0.5) is 18.0 Å². The molecular weight excluding hydrogens is 339 g/mol. The monoisotopic (exact) mass is 349 g/mol. The van der Waals surface area contributed by atoms with Gasteiger partial charge in [-0.3, -0.25) is 9.78 Å². The van der Waals surface area contributed by atoms with Crippen molar-refractivity contribution in [1.29, 1.82) is 5.26 Å². The number of rotatable bonds is 4. The van der Waals surface area contributed by atoms with Crippen molar-refractivity contribution < 1.29 is 27.5 Å². The van der Waals surface area contributed by atoms with Crippen molar-refractivity contribution in [2.75, 3.05) is 20.7 Å². The van der Waals surface area contributed by atoms with E-state index in [0.29, 0.717) is 12.3 Å². The molecule has 0 aliphatic carbocycles. The van der Waals surface area contributed by atoms with Gasteiger partial charge in [0, 0.05) is 13.2 Å². The van der Waals surface area contributed by atoms with Gasteiger partial charge in [-0.25, -0.2) is 4.79 Å². The second-order valence-electron chi connectivity index (χ2n) is 4.44. The number of ether oxygens (including phenoxy) is 1. The van der Waals surface area contributed by atoms with Gasteiger partial charge in [0.15, 0.2) is 5.78 Å². The number of amides is 1. The number of pyridine rings is 1. The summed E-state index contributed by atoms with van der Waals surface area (Å²) in [5.41, 5.74) is -1.40. The van der Waals surface area contributed by atoms with Crippen LogP contribution in [0.25, 0.3) is 0 Å². The Labute approximate surface area is 134 Å². The Morgan fingerprint density at radius 3 is 2.57 bits per heavy atom. The van der Waals surface area contributed by atoms with E-state index in [1.807, 2.05) is 0 Å². The molecule has 124 valence electrons. The van der Waals surface area contributed by atoms with Crippen LogP contribution in [-0.2, 0) is 15.7 Å². The number of carbonyl (C=O) groups is 2. The van der Waals surface area contributed by atoms with Crippen LogP contribution < -0.4 is 0 Å². The van der Waals surface area contributed by atoms with Gasteiger partial charge in [-0.2, -0.15) is 18.4 Å². The SMILES string of the molecule is COC(=O)N(C)CC(=O)C(C#N)c1ncc(C(F)(F)F)cc1Cl. The maximum atomic E-state index is 12.6. The highest BCUT2D eigenvalue weighted by atomic mass is 35.5. The van der Waals surface area contributed by atoms with Crippen molar-refractivity contribution in [3.05, 3.63) is 28.5 Å². The van der Waals surface area contributed by atoms with Crippen molar-refractivity contribution >= 4 is 23.5 Å². The number of nitriles is 1. The van der Waals surface area contributed by atoms with Crippen LogP contribution in [0.2, 0.25) is 5.02 Å². The molecule has 0 fully saturated rings. The fourth-order valence-corrected chi connectivity index (χ4v) is 1.92. The molecule has 23 heavy (non-hydrogen) atoms. The summed E-state index contributed by atoms with van der Waals surface area (Å²) >= 11 is 5.71. The summed E-state index contributed by atoms with van der Waals surface area (Å²) in [5, 5.41) is 8.63. The molecule has 0 aliphatic heterocycles. The van der Waals surface area contributed by atoms with Crippen molar-refractivity contribution in [3.63, 3.8) is 0 Å². The Kier molecular flexibility index (Phi) is 5.92. The molecule has 1 aromatic rings. The summed E-state index contributed by atoms with van der Waals surface area (Å²) in [5.74, 6) is -2.26. The summed E-state index contributed by atoms with van der Waals surface area (Å²) in [6, 6.07) is 2.21. The summed E-state index contributed by atoms with van der Waals surface area (Å²) in [4.78, 5) is 27.7. The number of nitrogens with zero attached hydrogens (tertiary/aromatic N) is 3. The number of likely N-dealkylation sites (N-methyl/N-ethyl adjacent to an activating group) is 1. The minimum Gasteiger partial charge on any atom is -0.453 e. The lowest BCUT2D eigenvalue weighted by Crippen LogP contribution is -2.34. The van der Waals surface area contributed by atoms with Gasteiger partial charge < -0.3 is 9.64 Å². The number of halogens is 4. The van der Waals surface area contributed by atoms with E-state index in [9.17, 15) is 22.8 Å². The number of carbonyl (C=O) groups excluding carboxylic acids is 2. The predicted octanol–water partition coefficient (Wildman–Crippen LogP) is 2.63. The first kappa shape index (κ1) is 18.7. The van der Waals surface area contributed by atoms with Crippen LogP contribution in [0, 0.1) is 11.3 Å². The average Bonchev–Trinajstić information content (AvgIpc) is 2.47. The molecular formula is C13H11ClF3N3O3. The molecule has 1 heterocycles. The molecule has 1 rings (SSSR count). The zero-order valence-corrected chi connectivity index (χ0v) is 12.8. The minimum absolute atomic E-state index is 0.301. The van der Waals surface area contributed by atoms with Gasteiger partial charge in [-0.15, -0.1) is 0 Å². The molecule has 0 bridgehead atoms. The molecule has 10 heteroatoms. The predicted molar refractivity (Wildman–Crippen MR) is 72.6 cm³/mol. The third-order valence-electron chi connectivity index (χ3n) is 2.80. The third-order valence-corrected chi connectivity index (χ3v) is 3.10. The standard InChI is InChI=1S/C13H11ClF3N3O3/c1-20(12(22)23-2)6-10(21)8(4-18)11-9(14)3-7(5-19-11)13(15,16)17/h3,5,8H,6H2,1-2H3. The largest absolute Gasteiger partial charge is 0.453 e. The highest BCUT2D eigenvalue weighted by Gasteiger charge is 2.33. The second-order valence-corrected chi connectivity index (χ2v) is 4.85. The zero-order valence-electron chi connectivity index (χ0n) is 12.0. The number of Topliss-reactive ketones (excluding diaryl/α,β-unsaturated/α-hetero) is 1. The number of hydrogen-bond donors (Lipinski definition) is 0. The highest BCUT2D eigenvalue weighted by molar-refractivity contribution is 6.31. The van der Waals surface area contributed by atoms with E-state index < -0.39 is 41.1 Å². The Morgan fingerprint density at radius 1 is 1.52 bits per heavy atom. The third kappa shape index (κ3) is 4.56. The molecule has 0 radical (unpaired) electrons. The zero-order chi connectivity index (χ0) is 17.8.